The third kappa shape index (κ3) is 4.13. The highest BCUT2D eigenvalue weighted by Crippen LogP contribution is 2.20. The van der Waals surface area contributed by atoms with Gasteiger partial charge in [-0.1, -0.05) is 13.3 Å². The molecular formula is C16H22FNO. The van der Waals surface area contributed by atoms with E-state index in [9.17, 15) is 9.18 Å². The van der Waals surface area contributed by atoms with E-state index in [1.165, 1.54) is 37.8 Å². The van der Waals surface area contributed by atoms with Crippen LogP contribution in [0, 0.1) is 11.7 Å². The molecule has 19 heavy (non-hydrogen) atoms. The maximum atomic E-state index is 12.8. The van der Waals surface area contributed by atoms with E-state index in [0.29, 0.717) is 12.1 Å². The second kappa shape index (κ2) is 6.80. The van der Waals surface area contributed by atoms with Gasteiger partial charge in [0.15, 0.2) is 5.78 Å². The molecule has 0 saturated carbocycles. The molecule has 2 nitrogen and oxygen atoms in total. The van der Waals surface area contributed by atoms with Crippen LogP contribution in [0.4, 0.5) is 4.39 Å². The lowest BCUT2D eigenvalue weighted by Gasteiger charge is -2.19. The van der Waals surface area contributed by atoms with Crippen LogP contribution in [-0.4, -0.2) is 30.3 Å². The van der Waals surface area contributed by atoms with Crippen LogP contribution in [0.15, 0.2) is 24.3 Å². The number of benzene rings is 1. The summed E-state index contributed by atoms with van der Waals surface area (Å²) in [5.74, 6) is 0.609. The zero-order valence-electron chi connectivity index (χ0n) is 11.6. The summed E-state index contributed by atoms with van der Waals surface area (Å²) in [6, 6.07) is 5.85. The average Bonchev–Trinajstić information content (AvgIpc) is 2.64. The number of rotatable bonds is 4. The van der Waals surface area contributed by atoms with E-state index in [1.54, 1.807) is 12.1 Å². The molecule has 1 saturated heterocycles. The zero-order chi connectivity index (χ0) is 13.7. The van der Waals surface area contributed by atoms with Crippen molar-refractivity contribution in [1.82, 2.24) is 4.90 Å². The van der Waals surface area contributed by atoms with Crippen LogP contribution in [0.3, 0.4) is 0 Å². The Morgan fingerprint density at radius 3 is 2.68 bits per heavy atom. The van der Waals surface area contributed by atoms with Gasteiger partial charge in [-0.2, -0.15) is 0 Å². The second-order valence-corrected chi connectivity index (χ2v) is 5.41. The SMILES string of the molecule is CCC1CCCN(CC(=O)c2ccc(F)cc2)CC1. The molecule has 0 aromatic heterocycles. The quantitative estimate of drug-likeness (QED) is 0.775. The molecule has 1 unspecified atom stereocenters. The highest BCUT2D eigenvalue weighted by molar-refractivity contribution is 5.97. The van der Waals surface area contributed by atoms with Crippen LogP contribution < -0.4 is 0 Å². The Labute approximate surface area is 114 Å². The molecular weight excluding hydrogens is 241 g/mol. The number of likely N-dealkylation sites (tertiary alicyclic amines) is 1. The van der Waals surface area contributed by atoms with Crippen LogP contribution in [0.5, 0.6) is 0 Å². The van der Waals surface area contributed by atoms with Gasteiger partial charge in [-0.25, -0.2) is 4.39 Å². The van der Waals surface area contributed by atoms with Gasteiger partial charge in [0.2, 0.25) is 0 Å². The predicted octanol–water partition coefficient (Wildman–Crippen LogP) is 3.52. The van der Waals surface area contributed by atoms with Gasteiger partial charge in [-0.05, 0) is 62.5 Å². The number of carbonyl (C=O) groups excluding carboxylic acids is 1. The van der Waals surface area contributed by atoms with E-state index in [0.717, 1.165) is 19.0 Å². The van der Waals surface area contributed by atoms with Crippen molar-refractivity contribution in [3.63, 3.8) is 0 Å². The van der Waals surface area contributed by atoms with E-state index in [2.05, 4.69) is 11.8 Å². The molecule has 0 amide bonds. The number of hydrogen-bond donors (Lipinski definition) is 0. The fraction of sp³-hybridized carbons (Fsp3) is 0.562. The van der Waals surface area contributed by atoms with Crippen molar-refractivity contribution >= 4 is 5.78 Å². The fourth-order valence-electron chi connectivity index (χ4n) is 2.72. The van der Waals surface area contributed by atoms with Crippen molar-refractivity contribution < 1.29 is 9.18 Å². The largest absolute Gasteiger partial charge is 0.296 e. The standard InChI is InChI=1S/C16H22FNO/c1-2-13-4-3-10-18(11-9-13)12-16(19)14-5-7-15(17)8-6-14/h5-8,13H,2-4,9-12H2,1H3. The predicted molar refractivity (Wildman–Crippen MR) is 74.8 cm³/mol. The zero-order valence-corrected chi connectivity index (χ0v) is 11.6. The topological polar surface area (TPSA) is 20.3 Å². The van der Waals surface area contributed by atoms with Gasteiger partial charge >= 0.3 is 0 Å². The van der Waals surface area contributed by atoms with E-state index >= 15 is 0 Å². The maximum absolute atomic E-state index is 12.8. The Morgan fingerprint density at radius 2 is 2.00 bits per heavy atom. The summed E-state index contributed by atoms with van der Waals surface area (Å²) < 4.78 is 12.8. The first-order chi connectivity index (χ1) is 9.19. The third-order valence-corrected chi connectivity index (χ3v) is 4.05. The summed E-state index contributed by atoms with van der Waals surface area (Å²) in [7, 11) is 0. The Morgan fingerprint density at radius 1 is 1.26 bits per heavy atom. The summed E-state index contributed by atoms with van der Waals surface area (Å²) >= 11 is 0. The molecule has 1 aliphatic rings. The molecule has 1 aliphatic heterocycles. The van der Waals surface area contributed by atoms with Gasteiger partial charge in [0.05, 0.1) is 6.54 Å². The smallest absolute Gasteiger partial charge is 0.176 e. The van der Waals surface area contributed by atoms with Gasteiger partial charge in [0.25, 0.3) is 0 Å². The number of hydrogen-bond acceptors (Lipinski definition) is 2. The average molecular weight is 263 g/mol. The molecule has 1 aromatic rings. The van der Waals surface area contributed by atoms with Crippen molar-refractivity contribution in [1.29, 1.82) is 0 Å². The minimum atomic E-state index is -0.294. The van der Waals surface area contributed by atoms with Crippen molar-refractivity contribution in [3.05, 3.63) is 35.6 Å². The lowest BCUT2D eigenvalue weighted by atomic mass is 9.98. The van der Waals surface area contributed by atoms with Crippen LogP contribution in [0.25, 0.3) is 0 Å². The van der Waals surface area contributed by atoms with Crippen molar-refractivity contribution in [2.75, 3.05) is 19.6 Å². The number of ketones is 1. The molecule has 1 heterocycles. The van der Waals surface area contributed by atoms with E-state index in [4.69, 9.17) is 0 Å². The van der Waals surface area contributed by atoms with E-state index in [-0.39, 0.29) is 11.6 Å². The molecule has 1 atom stereocenters. The summed E-state index contributed by atoms with van der Waals surface area (Å²) in [5, 5.41) is 0. The number of nitrogens with zero attached hydrogens (tertiary/aromatic N) is 1. The number of carbonyl (C=O) groups is 1. The van der Waals surface area contributed by atoms with E-state index in [1.807, 2.05) is 0 Å². The van der Waals surface area contributed by atoms with Gasteiger partial charge in [0, 0.05) is 5.56 Å². The van der Waals surface area contributed by atoms with Gasteiger partial charge in [0.1, 0.15) is 5.82 Å². The molecule has 1 aromatic carbocycles. The molecule has 0 spiro atoms. The summed E-state index contributed by atoms with van der Waals surface area (Å²) in [4.78, 5) is 14.4. The molecule has 0 aliphatic carbocycles. The minimum absolute atomic E-state index is 0.0925. The van der Waals surface area contributed by atoms with E-state index < -0.39 is 0 Å². The van der Waals surface area contributed by atoms with Crippen LogP contribution in [0.1, 0.15) is 43.0 Å². The van der Waals surface area contributed by atoms with Gasteiger partial charge < -0.3 is 0 Å². The maximum Gasteiger partial charge on any atom is 0.176 e. The lowest BCUT2D eigenvalue weighted by Crippen LogP contribution is -2.31. The summed E-state index contributed by atoms with van der Waals surface area (Å²) in [5.41, 5.74) is 0.609. The van der Waals surface area contributed by atoms with Crippen LogP contribution in [-0.2, 0) is 0 Å². The first-order valence-corrected chi connectivity index (χ1v) is 7.20. The second-order valence-electron chi connectivity index (χ2n) is 5.41. The first kappa shape index (κ1) is 14.2. The molecule has 0 N–H and O–H groups in total. The fourth-order valence-corrected chi connectivity index (χ4v) is 2.72. The van der Waals surface area contributed by atoms with Crippen molar-refractivity contribution in [2.45, 2.75) is 32.6 Å². The number of halogens is 1. The molecule has 1 fully saturated rings. The van der Waals surface area contributed by atoms with Crippen molar-refractivity contribution in [2.24, 2.45) is 5.92 Å². The first-order valence-electron chi connectivity index (χ1n) is 7.20. The minimum Gasteiger partial charge on any atom is -0.296 e. The monoisotopic (exact) mass is 263 g/mol. The molecule has 2 rings (SSSR count). The van der Waals surface area contributed by atoms with Crippen LogP contribution in [0.2, 0.25) is 0 Å². The highest BCUT2D eigenvalue weighted by Gasteiger charge is 2.18. The number of Topliss-reactive ketones (excluding diaryl/α,β-unsaturated/α-hetero) is 1. The molecule has 104 valence electrons. The molecule has 0 radical (unpaired) electrons. The van der Waals surface area contributed by atoms with Crippen LogP contribution >= 0.6 is 0 Å². The normalized spacial score (nSPS) is 21.1. The Kier molecular flexibility index (Phi) is 5.08. The van der Waals surface area contributed by atoms with Crippen molar-refractivity contribution in [3.8, 4) is 0 Å². The van der Waals surface area contributed by atoms with Gasteiger partial charge in [-0.15, -0.1) is 0 Å². The highest BCUT2D eigenvalue weighted by atomic mass is 19.1. The molecule has 3 heteroatoms. The Balaban J connectivity index is 1.90. The summed E-state index contributed by atoms with van der Waals surface area (Å²) in [6.07, 6.45) is 4.87. The third-order valence-electron chi connectivity index (χ3n) is 4.05. The van der Waals surface area contributed by atoms with Gasteiger partial charge in [-0.3, -0.25) is 9.69 Å². The lowest BCUT2D eigenvalue weighted by molar-refractivity contribution is 0.0932. The Bertz CT molecular complexity index is 415. The molecule has 0 bridgehead atoms. The Hall–Kier alpha value is -1.22. The summed E-state index contributed by atoms with van der Waals surface area (Å²) in [6.45, 7) is 4.71.